The number of esters is 1. The third kappa shape index (κ3) is 4.35. The van der Waals surface area contributed by atoms with Gasteiger partial charge in [0.1, 0.15) is 11.3 Å². The van der Waals surface area contributed by atoms with Crippen molar-refractivity contribution in [2.75, 3.05) is 6.61 Å². The molecule has 5 heteroatoms. The molecular weight excluding hydrogens is 380 g/mol. The Bertz CT molecular complexity index is 959. The molecule has 0 spiro atoms. The lowest BCUT2D eigenvalue weighted by atomic mass is 9.94. The van der Waals surface area contributed by atoms with Crippen molar-refractivity contribution in [1.29, 1.82) is 0 Å². The van der Waals surface area contributed by atoms with Crippen molar-refractivity contribution < 1.29 is 18.8 Å². The third-order valence-electron chi connectivity index (χ3n) is 4.89. The summed E-state index contributed by atoms with van der Waals surface area (Å²) in [7, 11) is -1.40. The molecule has 0 fully saturated rings. The van der Waals surface area contributed by atoms with Crippen LogP contribution in [0.15, 0.2) is 48.0 Å². The van der Waals surface area contributed by atoms with Gasteiger partial charge in [-0.1, -0.05) is 49.7 Å². The number of unbranched alkanes of at least 4 members (excludes halogenated alkanes) is 1. The van der Waals surface area contributed by atoms with Gasteiger partial charge in [-0.25, -0.2) is 4.79 Å². The second-order valence-electron chi connectivity index (χ2n) is 7.45. The predicted octanol–water partition coefficient (Wildman–Crippen LogP) is 4.95. The van der Waals surface area contributed by atoms with E-state index < -0.39 is 15.0 Å². The molecule has 152 valence electrons. The average molecular weight is 409 g/mol. The molecule has 0 heterocycles. The fourth-order valence-corrected chi connectivity index (χ4v) is 4.32. The van der Waals surface area contributed by atoms with Crippen LogP contribution in [0.25, 0.3) is 5.57 Å². The Morgan fingerprint density at radius 2 is 1.72 bits per heavy atom. The lowest BCUT2D eigenvalue weighted by Gasteiger charge is -2.18. The maximum absolute atomic E-state index is 13.0. The number of ether oxygens (including phenoxy) is 1. The van der Waals surface area contributed by atoms with E-state index in [1.807, 2.05) is 24.3 Å². The Balaban J connectivity index is 2.21. The number of benzene rings is 2. The monoisotopic (exact) mass is 408 g/mol. The predicted molar refractivity (Wildman–Crippen MR) is 118 cm³/mol. The van der Waals surface area contributed by atoms with Gasteiger partial charge in [0, 0.05) is 16.7 Å². The molecule has 1 aliphatic carbocycles. The van der Waals surface area contributed by atoms with Gasteiger partial charge < -0.3 is 9.16 Å². The van der Waals surface area contributed by atoms with E-state index in [0.29, 0.717) is 11.1 Å². The normalized spacial score (nSPS) is 13.1. The van der Waals surface area contributed by atoms with Crippen LogP contribution in [-0.2, 0) is 16.0 Å². The molecule has 0 radical (unpaired) electrons. The van der Waals surface area contributed by atoms with Crippen LogP contribution in [0.3, 0.4) is 0 Å². The molecule has 0 atom stereocenters. The quantitative estimate of drug-likeness (QED) is 0.352. The van der Waals surface area contributed by atoms with Gasteiger partial charge in [0.15, 0.2) is 0 Å². The highest BCUT2D eigenvalue weighted by molar-refractivity contribution is 6.49. The van der Waals surface area contributed by atoms with E-state index in [0.717, 1.165) is 36.1 Å². The molecule has 0 saturated carbocycles. The number of rotatable bonds is 8. The fraction of sp³-hybridized carbons (Fsp3) is 0.333. The molecule has 0 amide bonds. The lowest BCUT2D eigenvalue weighted by molar-refractivity contribution is -0.137. The van der Waals surface area contributed by atoms with Crippen LogP contribution in [0.1, 0.15) is 53.7 Å². The second-order valence-corrected chi connectivity index (χ2v) is 9.78. The van der Waals surface area contributed by atoms with Crippen molar-refractivity contribution in [2.45, 2.75) is 46.2 Å². The number of aryl methyl sites for hydroxylation is 1. The molecule has 0 saturated heterocycles. The molecular formula is C24H28O4Si. The molecule has 0 unspecified atom stereocenters. The van der Waals surface area contributed by atoms with Crippen LogP contribution in [0.4, 0.5) is 0 Å². The Labute approximate surface area is 174 Å². The van der Waals surface area contributed by atoms with Crippen LogP contribution in [0.2, 0.25) is 13.1 Å². The zero-order valence-electron chi connectivity index (χ0n) is 17.6. The third-order valence-corrected chi connectivity index (χ3v) is 5.62. The van der Waals surface area contributed by atoms with Gasteiger partial charge in [0.25, 0.3) is 0 Å². The number of hydrogen-bond acceptors (Lipinski definition) is 4. The highest BCUT2D eigenvalue weighted by atomic mass is 28.3. The van der Waals surface area contributed by atoms with Crippen molar-refractivity contribution in [3.8, 4) is 5.75 Å². The van der Waals surface area contributed by atoms with E-state index >= 15 is 0 Å². The van der Waals surface area contributed by atoms with E-state index in [1.165, 1.54) is 5.56 Å². The first-order chi connectivity index (χ1) is 14.0. The van der Waals surface area contributed by atoms with Gasteiger partial charge in [-0.05, 0) is 50.1 Å². The molecule has 0 bridgehead atoms. The Morgan fingerprint density at radius 1 is 1.00 bits per heavy atom. The highest BCUT2D eigenvalue weighted by Crippen LogP contribution is 2.42. The van der Waals surface area contributed by atoms with Crippen LogP contribution in [0.5, 0.6) is 5.75 Å². The molecule has 2 aromatic rings. The summed E-state index contributed by atoms with van der Waals surface area (Å²) in [6.07, 6.45) is 3.21. The van der Waals surface area contributed by atoms with Crippen molar-refractivity contribution >= 4 is 26.4 Å². The molecule has 0 aromatic heterocycles. The van der Waals surface area contributed by atoms with Crippen molar-refractivity contribution in [3.63, 3.8) is 0 Å². The molecule has 1 aliphatic rings. The maximum atomic E-state index is 13.0. The van der Waals surface area contributed by atoms with E-state index in [1.54, 1.807) is 13.0 Å². The van der Waals surface area contributed by atoms with Gasteiger partial charge in [0.2, 0.25) is 14.8 Å². The Morgan fingerprint density at radius 3 is 2.38 bits per heavy atom. The van der Waals surface area contributed by atoms with Crippen LogP contribution in [-0.4, -0.2) is 27.4 Å². The highest BCUT2D eigenvalue weighted by Gasteiger charge is 2.36. The van der Waals surface area contributed by atoms with Crippen molar-refractivity contribution in [1.82, 2.24) is 0 Å². The molecule has 29 heavy (non-hydrogen) atoms. The number of Topliss-reactive ketones (excluding diaryl/α,β-unsaturated/α-hetero) is 1. The molecule has 4 nitrogen and oxygen atoms in total. The maximum Gasteiger partial charge on any atom is 0.342 e. The SMILES string of the molecule is CCCCc1ccc(C2=C(C(=O)OCC)C(=O)c3ccccc32)c(O[SiH](C)C)c1. The summed E-state index contributed by atoms with van der Waals surface area (Å²) < 4.78 is 11.5. The fourth-order valence-electron chi connectivity index (χ4n) is 3.62. The number of ketones is 1. The van der Waals surface area contributed by atoms with Gasteiger partial charge in [-0.3, -0.25) is 4.79 Å². The number of carbonyl (C=O) groups is 2. The Kier molecular flexibility index (Phi) is 6.70. The smallest absolute Gasteiger partial charge is 0.342 e. The van der Waals surface area contributed by atoms with Crippen LogP contribution < -0.4 is 4.43 Å². The first-order valence-electron chi connectivity index (χ1n) is 10.3. The van der Waals surface area contributed by atoms with Gasteiger partial charge in [-0.15, -0.1) is 0 Å². The van der Waals surface area contributed by atoms with Gasteiger partial charge in [-0.2, -0.15) is 0 Å². The number of fused-ring (bicyclic) bond motifs is 1. The largest absolute Gasteiger partial charge is 0.547 e. The summed E-state index contributed by atoms with van der Waals surface area (Å²) in [5.74, 6) is -0.107. The summed E-state index contributed by atoms with van der Waals surface area (Å²) in [5, 5.41) is 0. The minimum absolute atomic E-state index is 0.102. The van der Waals surface area contributed by atoms with Gasteiger partial charge in [0.05, 0.1) is 6.61 Å². The van der Waals surface area contributed by atoms with E-state index in [-0.39, 0.29) is 18.0 Å². The van der Waals surface area contributed by atoms with Crippen molar-refractivity contribution in [2.24, 2.45) is 0 Å². The molecule has 3 rings (SSSR count). The minimum Gasteiger partial charge on any atom is -0.547 e. The molecule has 2 aromatic carbocycles. The second kappa shape index (κ2) is 9.22. The van der Waals surface area contributed by atoms with E-state index in [9.17, 15) is 9.59 Å². The topological polar surface area (TPSA) is 52.6 Å². The standard InChI is InChI=1S/C24H28O4Si/c1-5-7-10-16-13-14-19(20(15-16)28-29(3)4)21-17-11-8-9-12-18(17)23(25)22(21)24(26)27-6-2/h8-9,11-15,29H,5-7,10H2,1-4H3. The van der Waals surface area contributed by atoms with Crippen LogP contribution >= 0.6 is 0 Å². The summed E-state index contributed by atoms with van der Waals surface area (Å²) in [4.78, 5) is 25.8. The minimum atomic E-state index is -1.40. The molecule has 0 N–H and O–H groups in total. The number of carbonyl (C=O) groups excluding carboxylic acids is 2. The summed E-state index contributed by atoms with van der Waals surface area (Å²) in [5.41, 5.74) is 4.01. The summed E-state index contributed by atoms with van der Waals surface area (Å²) in [6, 6.07) is 13.5. The molecule has 0 aliphatic heterocycles. The van der Waals surface area contributed by atoms with E-state index in [2.05, 4.69) is 32.2 Å². The first-order valence-corrected chi connectivity index (χ1v) is 13.1. The van der Waals surface area contributed by atoms with E-state index in [4.69, 9.17) is 9.16 Å². The van der Waals surface area contributed by atoms with Crippen LogP contribution in [0, 0.1) is 0 Å². The lowest BCUT2D eigenvalue weighted by Crippen LogP contribution is -2.15. The average Bonchev–Trinajstić information content (AvgIpc) is 2.99. The summed E-state index contributed by atoms with van der Waals surface area (Å²) >= 11 is 0. The number of hydrogen-bond donors (Lipinski definition) is 0. The first kappa shape index (κ1) is 21.1. The Hall–Kier alpha value is -2.66. The zero-order valence-corrected chi connectivity index (χ0v) is 18.7. The van der Waals surface area contributed by atoms with Gasteiger partial charge >= 0.3 is 5.97 Å². The summed E-state index contributed by atoms with van der Waals surface area (Å²) in [6.45, 7) is 8.35. The van der Waals surface area contributed by atoms with Crippen molar-refractivity contribution in [3.05, 3.63) is 70.3 Å². The zero-order chi connectivity index (χ0) is 21.0.